The van der Waals surface area contributed by atoms with E-state index in [0.717, 1.165) is 5.56 Å². The van der Waals surface area contributed by atoms with Crippen LogP contribution < -0.4 is 15.4 Å². The van der Waals surface area contributed by atoms with Gasteiger partial charge < -0.3 is 15.4 Å². The third kappa shape index (κ3) is 6.40. The summed E-state index contributed by atoms with van der Waals surface area (Å²) in [6.45, 7) is 2.59. The summed E-state index contributed by atoms with van der Waals surface area (Å²) < 4.78 is 5.32. The number of nitrogens with one attached hydrogen (secondary N) is 2. The quantitative estimate of drug-likeness (QED) is 0.793. The van der Waals surface area contributed by atoms with E-state index in [0.29, 0.717) is 17.9 Å². The first-order valence-electron chi connectivity index (χ1n) is 8.00. The van der Waals surface area contributed by atoms with Gasteiger partial charge in [0.25, 0.3) is 5.91 Å². The summed E-state index contributed by atoms with van der Waals surface area (Å²) >= 11 is 0. The van der Waals surface area contributed by atoms with Crippen LogP contribution in [0.4, 0.5) is 0 Å². The number of hydrogen-bond acceptors (Lipinski definition) is 3. The molecular formula is C20H20N2O3. The lowest BCUT2D eigenvalue weighted by atomic mass is 10.2. The average molecular weight is 336 g/mol. The van der Waals surface area contributed by atoms with Gasteiger partial charge >= 0.3 is 0 Å². The highest BCUT2D eigenvalue weighted by Gasteiger charge is 2.07. The molecule has 2 N–H and O–H groups in total. The van der Waals surface area contributed by atoms with Crippen molar-refractivity contribution in [3.63, 3.8) is 0 Å². The molecule has 0 aliphatic carbocycles. The second-order valence-corrected chi connectivity index (χ2v) is 5.08. The zero-order valence-electron chi connectivity index (χ0n) is 14.0. The van der Waals surface area contributed by atoms with Crippen LogP contribution in [0.2, 0.25) is 0 Å². The standard InChI is InChI=1S/C20H20N2O3/c1-2-25-18-12-10-17(11-13-18)20(24)22-15-19(23)21-14-6-9-16-7-4-3-5-8-16/h3-5,7-8,10-13H,2,14-15H2,1H3,(H,21,23)(H,22,24). The van der Waals surface area contributed by atoms with Gasteiger partial charge in [0.05, 0.1) is 19.7 Å². The molecule has 0 saturated carbocycles. The Labute approximate surface area is 147 Å². The summed E-state index contributed by atoms with van der Waals surface area (Å²) in [6, 6.07) is 16.3. The van der Waals surface area contributed by atoms with Crippen LogP contribution in [0.1, 0.15) is 22.8 Å². The van der Waals surface area contributed by atoms with Gasteiger partial charge in [-0.3, -0.25) is 9.59 Å². The van der Waals surface area contributed by atoms with Gasteiger partial charge in [0.2, 0.25) is 5.91 Å². The molecule has 0 atom stereocenters. The van der Waals surface area contributed by atoms with Gasteiger partial charge in [0.1, 0.15) is 5.75 Å². The number of ether oxygens (including phenoxy) is 1. The van der Waals surface area contributed by atoms with E-state index in [1.807, 2.05) is 37.3 Å². The highest BCUT2D eigenvalue weighted by molar-refractivity contribution is 5.96. The van der Waals surface area contributed by atoms with Crippen LogP contribution in [0.25, 0.3) is 0 Å². The molecule has 0 bridgehead atoms. The Hall–Kier alpha value is -3.26. The van der Waals surface area contributed by atoms with Gasteiger partial charge in [0, 0.05) is 11.1 Å². The van der Waals surface area contributed by atoms with Crippen molar-refractivity contribution in [1.82, 2.24) is 10.6 Å². The molecule has 0 fully saturated rings. The van der Waals surface area contributed by atoms with Crippen LogP contribution >= 0.6 is 0 Å². The molecule has 0 saturated heterocycles. The molecule has 2 aromatic rings. The minimum atomic E-state index is -0.312. The molecule has 2 rings (SSSR count). The molecule has 25 heavy (non-hydrogen) atoms. The second-order valence-electron chi connectivity index (χ2n) is 5.08. The summed E-state index contributed by atoms with van der Waals surface area (Å²) in [5, 5.41) is 5.21. The van der Waals surface area contributed by atoms with Crippen LogP contribution in [0.15, 0.2) is 54.6 Å². The average Bonchev–Trinajstić information content (AvgIpc) is 2.65. The highest BCUT2D eigenvalue weighted by Crippen LogP contribution is 2.11. The van der Waals surface area contributed by atoms with E-state index in [1.54, 1.807) is 24.3 Å². The van der Waals surface area contributed by atoms with Crippen molar-refractivity contribution in [2.75, 3.05) is 19.7 Å². The van der Waals surface area contributed by atoms with E-state index in [2.05, 4.69) is 22.5 Å². The van der Waals surface area contributed by atoms with Gasteiger partial charge in [-0.15, -0.1) is 0 Å². The maximum Gasteiger partial charge on any atom is 0.251 e. The Balaban J connectivity index is 1.72. The summed E-state index contributed by atoms with van der Waals surface area (Å²) in [5.41, 5.74) is 1.36. The summed E-state index contributed by atoms with van der Waals surface area (Å²) in [5.74, 6) is 5.90. The second kappa shape index (κ2) is 9.78. The van der Waals surface area contributed by atoms with Gasteiger partial charge in [-0.1, -0.05) is 30.0 Å². The number of amides is 2. The number of benzene rings is 2. The van der Waals surface area contributed by atoms with Crippen molar-refractivity contribution < 1.29 is 14.3 Å². The van der Waals surface area contributed by atoms with Crippen molar-refractivity contribution in [3.8, 4) is 17.6 Å². The topological polar surface area (TPSA) is 67.4 Å². The molecule has 0 heterocycles. The van der Waals surface area contributed by atoms with E-state index in [1.165, 1.54) is 0 Å². The molecule has 0 unspecified atom stereocenters. The monoisotopic (exact) mass is 336 g/mol. The predicted molar refractivity (Wildman–Crippen MR) is 96.3 cm³/mol. The lowest BCUT2D eigenvalue weighted by molar-refractivity contribution is -0.119. The predicted octanol–water partition coefficient (Wildman–Crippen LogP) is 1.98. The molecule has 0 spiro atoms. The zero-order chi connectivity index (χ0) is 17.9. The summed E-state index contributed by atoms with van der Waals surface area (Å²) in [4.78, 5) is 23.7. The molecular weight excluding hydrogens is 316 g/mol. The summed E-state index contributed by atoms with van der Waals surface area (Å²) in [6.07, 6.45) is 0. The normalized spacial score (nSPS) is 9.48. The lowest BCUT2D eigenvalue weighted by Gasteiger charge is -2.06. The van der Waals surface area contributed by atoms with Crippen molar-refractivity contribution in [2.24, 2.45) is 0 Å². The van der Waals surface area contributed by atoms with Crippen LogP contribution in [-0.4, -0.2) is 31.5 Å². The third-order valence-electron chi connectivity index (χ3n) is 3.22. The first kappa shape index (κ1) is 18.1. The molecule has 128 valence electrons. The van der Waals surface area contributed by atoms with E-state index >= 15 is 0 Å². The maximum atomic E-state index is 12.0. The van der Waals surface area contributed by atoms with E-state index in [9.17, 15) is 9.59 Å². The first-order chi connectivity index (χ1) is 12.2. The van der Waals surface area contributed by atoms with Crippen LogP contribution in [-0.2, 0) is 4.79 Å². The van der Waals surface area contributed by atoms with Crippen LogP contribution in [0.3, 0.4) is 0 Å². The van der Waals surface area contributed by atoms with Crippen LogP contribution in [0.5, 0.6) is 5.75 Å². The highest BCUT2D eigenvalue weighted by atomic mass is 16.5. The van der Waals surface area contributed by atoms with Gasteiger partial charge in [-0.25, -0.2) is 0 Å². The van der Waals surface area contributed by atoms with E-state index < -0.39 is 0 Å². The Morgan fingerprint density at radius 2 is 1.72 bits per heavy atom. The van der Waals surface area contributed by atoms with Crippen molar-refractivity contribution in [2.45, 2.75) is 6.92 Å². The largest absolute Gasteiger partial charge is 0.494 e. The Kier molecular flexibility index (Phi) is 7.08. The fourth-order valence-corrected chi connectivity index (χ4v) is 2.00. The first-order valence-corrected chi connectivity index (χ1v) is 8.00. The third-order valence-corrected chi connectivity index (χ3v) is 3.22. The minimum Gasteiger partial charge on any atom is -0.494 e. The number of rotatable bonds is 6. The van der Waals surface area contributed by atoms with Crippen molar-refractivity contribution in [1.29, 1.82) is 0 Å². The molecule has 2 aromatic carbocycles. The Morgan fingerprint density at radius 3 is 2.40 bits per heavy atom. The Morgan fingerprint density at radius 1 is 1.00 bits per heavy atom. The molecule has 0 aromatic heterocycles. The fourth-order valence-electron chi connectivity index (χ4n) is 2.00. The van der Waals surface area contributed by atoms with Gasteiger partial charge in [0.15, 0.2) is 0 Å². The number of hydrogen-bond donors (Lipinski definition) is 2. The van der Waals surface area contributed by atoms with Crippen LogP contribution in [0, 0.1) is 11.8 Å². The van der Waals surface area contributed by atoms with E-state index in [-0.39, 0.29) is 24.9 Å². The molecule has 0 aliphatic rings. The van der Waals surface area contributed by atoms with Gasteiger partial charge in [-0.2, -0.15) is 0 Å². The molecule has 5 heteroatoms. The van der Waals surface area contributed by atoms with Gasteiger partial charge in [-0.05, 0) is 43.3 Å². The van der Waals surface area contributed by atoms with E-state index in [4.69, 9.17) is 4.74 Å². The number of carbonyl (C=O) groups excluding carboxylic acids is 2. The fraction of sp³-hybridized carbons (Fsp3) is 0.200. The molecule has 5 nitrogen and oxygen atoms in total. The van der Waals surface area contributed by atoms with Crippen molar-refractivity contribution in [3.05, 3.63) is 65.7 Å². The Bertz CT molecular complexity index is 759. The zero-order valence-corrected chi connectivity index (χ0v) is 14.0. The molecule has 2 amide bonds. The number of carbonyl (C=O) groups is 2. The lowest BCUT2D eigenvalue weighted by Crippen LogP contribution is -2.37. The minimum absolute atomic E-state index is 0.0982. The SMILES string of the molecule is CCOc1ccc(C(=O)NCC(=O)NCC#Cc2ccccc2)cc1. The summed E-state index contributed by atoms with van der Waals surface area (Å²) in [7, 11) is 0. The van der Waals surface area contributed by atoms with Crippen molar-refractivity contribution >= 4 is 11.8 Å². The smallest absolute Gasteiger partial charge is 0.251 e. The molecule has 0 radical (unpaired) electrons. The maximum absolute atomic E-state index is 12.0. The molecule has 0 aliphatic heterocycles.